The van der Waals surface area contributed by atoms with E-state index < -0.39 is 11.8 Å². The molecule has 0 N–H and O–H groups in total. The van der Waals surface area contributed by atoms with Crippen molar-refractivity contribution in [2.24, 2.45) is 0 Å². The van der Waals surface area contributed by atoms with Crippen molar-refractivity contribution in [1.82, 2.24) is 4.98 Å². The maximum absolute atomic E-state index is 13.6. The number of nitrogens with zero attached hydrogens (tertiary/aromatic N) is 1. The molecule has 4 nitrogen and oxygen atoms in total. The predicted molar refractivity (Wildman–Crippen MR) is 72.1 cm³/mol. The van der Waals surface area contributed by atoms with Gasteiger partial charge in [0, 0.05) is 6.20 Å². The Hall–Kier alpha value is -1.85. The fourth-order valence-electron chi connectivity index (χ4n) is 1.41. The lowest BCUT2D eigenvalue weighted by atomic mass is 10.2. The molecule has 0 aliphatic heterocycles. The fraction of sp³-hybridized carbons (Fsp3) is 0.0769. The number of rotatable bonds is 3. The standard InChI is InChI=1S/C13H8Cl2FNO3/c1-19-13(18)7-2-3-9(15)11(4-7)20-12-10(16)5-8(14)6-17-12/h2-6H,1H3. The van der Waals surface area contributed by atoms with Gasteiger partial charge >= 0.3 is 5.97 Å². The second kappa shape index (κ2) is 6.07. The van der Waals surface area contributed by atoms with Crippen molar-refractivity contribution in [1.29, 1.82) is 0 Å². The normalized spacial score (nSPS) is 10.2. The summed E-state index contributed by atoms with van der Waals surface area (Å²) in [6, 6.07) is 5.30. The molecule has 0 amide bonds. The number of hydrogen-bond acceptors (Lipinski definition) is 4. The third-order valence-electron chi connectivity index (χ3n) is 2.33. The van der Waals surface area contributed by atoms with Crippen molar-refractivity contribution >= 4 is 29.2 Å². The molecule has 0 unspecified atom stereocenters. The highest BCUT2D eigenvalue weighted by Crippen LogP contribution is 2.31. The smallest absolute Gasteiger partial charge is 0.337 e. The van der Waals surface area contributed by atoms with Gasteiger partial charge in [-0.1, -0.05) is 23.2 Å². The molecule has 2 aromatic rings. The molecule has 0 atom stereocenters. The first kappa shape index (κ1) is 14.6. The molecule has 20 heavy (non-hydrogen) atoms. The van der Waals surface area contributed by atoms with Gasteiger partial charge in [0.1, 0.15) is 5.75 Å². The van der Waals surface area contributed by atoms with E-state index in [0.29, 0.717) is 0 Å². The van der Waals surface area contributed by atoms with Gasteiger partial charge in [-0.25, -0.2) is 14.2 Å². The van der Waals surface area contributed by atoms with Crippen LogP contribution in [0.15, 0.2) is 30.5 Å². The highest BCUT2D eigenvalue weighted by atomic mass is 35.5. The van der Waals surface area contributed by atoms with Gasteiger partial charge in [-0.3, -0.25) is 0 Å². The van der Waals surface area contributed by atoms with Crippen molar-refractivity contribution in [2.45, 2.75) is 0 Å². The van der Waals surface area contributed by atoms with Crippen LogP contribution in [0.2, 0.25) is 10.0 Å². The minimum atomic E-state index is -0.739. The van der Waals surface area contributed by atoms with Crippen LogP contribution in [0.4, 0.5) is 4.39 Å². The molecule has 2 rings (SSSR count). The van der Waals surface area contributed by atoms with E-state index in [-0.39, 0.29) is 27.2 Å². The summed E-state index contributed by atoms with van der Waals surface area (Å²) in [6.07, 6.45) is 1.23. The van der Waals surface area contributed by atoms with Crippen LogP contribution in [0.1, 0.15) is 10.4 Å². The first-order valence-electron chi connectivity index (χ1n) is 5.38. The summed E-state index contributed by atoms with van der Waals surface area (Å²) in [5, 5.41) is 0.345. The largest absolute Gasteiger partial charge is 0.465 e. The van der Waals surface area contributed by atoms with E-state index in [0.717, 1.165) is 6.07 Å². The number of hydrogen-bond donors (Lipinski definition) is 0. The fourth-order valence-corrected chi connectivity index (χ4v) is 1.71. The zero-order valence-corrected chi connectivity index (χ0v) is 11.7. The molecule has 0 radical (unpaired) electrons. The Morgan fingerprint density at radius 1 is 1.30 bits per heavy atom. The summed E-state index contributed by atoms with van der Waals surface area (Å²) in [4.78, 5) is 15.1. The van der Waals surface area contributed by atoms with E-state index in [1.807, 2.05) is 0 Å². The molecular weight excluding hydrogens is 308 g/mol. The van der Waals surface area contributed by atoms with Crippen LogP contribution < -0.4 is 4.74 Å². The van der Waals surface area contributed by atoms with Gasteiger partial charge in [-0.15, -0.1) is 0 Å². The van der Waals surface area contributed by atoms with Gasteiger partial charge in [-0.2, -0.15) is 0 Å². The number of aromatic nitrogens is 1. The third kappa shape index (κ3) is 3.18. The van der Waals surface area contributed by atoms with Crippen molar-refractivity contribution in [3.63, 3.8) is 0 Å². The molecule has 0 fully saturated rings. The number of halogens is 3. The SMILES string of the molecule is COC(=O)c1ccc(Cl)c(Oc2ncc(Cl)cc2F)c1. The maximum atomic E-state index is 13.6. The topological polar surface area (TPSA) is 48.4 Å². The predicted octanol–water partition coefficient (Wildman–Crippen LogP) is 4.11. The van der Waals surface area contributed by atoms with Gasteiger partial charge in [0.15, 0.2) is 5.82 Å². The zero-order chi connectivity index (χ0) is 14.7. The summed E-state index contributed by atoms with van der Waals surface area (Å²) in [7, 11) is 1.25. The summed E-state index contributed by atoms with van der Waals surface area (Å²) in [5.41, 5.74) is 0.223. The molecule has 104 valence electrons. The van der Waals surface area contributed by atoms with Crippen LogP contribution in [-0.4, -0.2) is 18.1 Å². The number of carbonyl (C=O) groups is 1. The molecule has 1 aromatic heterocycles. The summed E-state index contributed by atoms with van der Waals surface area (Å²) in [5.74, 6) is -1.50. The van der Waals surface area contributed by atoms with Crippen LogP contribution in [0.25, 0.3) is 0 Å². The van der Waals surface area contributed by atoms with E-state index in [4.69, 9.17) is 27.9 Å². The molecule has 0 aliphatic carbocycles. The minimum Gasteiger partial charge on any atom is -0.465 e. The molecule has 0 spiro atoms. The lowest BCUT2D eigenvalue weighted by Crippen LogP contribution is -2.01. The summed E-state index contributed by atoms with van der Waals surface area (Å²) >= 11 is 11.5. The quantitative estimate of drug-likeness (QED) is 0.800. The molecule has 7 heteroatoms. The number of methoxy groups -OCH3 is 1. The van der Waals surface area contributed by atoms with Gasteiger partial charge in [0.05, 0.1) is 22.7 Å². The van der Waals surface area contributed by atoms with Crippen LogP contribution in [0.5, 0.6) is 11.6 Å². The second-order valence-electron chi connectivity index (χ2n) is 3.68. The second-order valence-corrected chi connectivity index (χ2v) is 4.52. The molecule has 0 saturated heterocycles. The van der Waals surface area contributed by atoms with Gasteiger partial charge in [0.2, 0.25) is 0 Å². The van der Waals surface area contributed by atoms with Gasteiger partial charge < -0.3 is 9.47 Å². The van der Waals surface area contributed by atoms with Crippen LogP contribution in [0, 0.1) is 5.82 Å². The van der Waals surface area contributed by atoms with Crippen molar-refractivity contribution in [3.05, 3.63) is 51.9 Å². The Morgan fingerprint density at radius 2 is 2.05 bits per heavy atom. The number of carbonyl (C=O) groups excluding carboxylic acids is 1. The Bertz CT molecular complexity index is 664. The summed E-state index contributed by atoms with van der Waals surface area (Å²) in [6.45, 7) is 0. The van der Waals surface area contributed by atoms with Crippen LogP contribution >= 0.6 is 23.2 Å². The lowest BCUT2D eigenvalue weighted by Gasteiger charge is -2.09. The van der Waals surface area contributed by atoms with Crippen molar-refractivity contribution < 1.29 is 18.7 Å². The minimum absolute atomic E-state index is 0.0864. The molecule has 1 aromatic carbocycles. The van der Waals surface area contributed by atoms with E-state index in [2.05, 4.69) is 9.72 Å². The average Bonchev–Trinajstić information content (AvgIpc) is 2.43. The van der Waals surface area contributed by atoms with E-state index in [1.54, 1.807) is 0 Å². The zero-order valence-electron chi connectivity index (χ0n) is 10.2. The number of ether oxygens (including phenoxy) is 2. The Kier molecular flexibility index (Phi) is 4.42. The van der Waals surface area contributed by atoms with E-state index >= 15 is 0 Å². The number of pyridine rings is 1. The Balaban J connectivity index is 2.35. The average molecular weight is 316 g/mol. The van der Waals surface area contributed by atoms with Crippen molar-refractivity contribution in [3.8, 4) is 11.6 Å². The molecule has 1 heterocycles. The lowest BCUT2D eigenvalue weighted by molar-refractivity contribution is 0.0600. The van der Waals surface area contributed by atoms with Gasteiger partial charge in [-0.05, 0) is 24.3 Å². The van der Waals surface area contributed by atoms with Crippen LogP contribution in [-0.2, 0) is 4.74 Å². The monoisotopic (exact) mass is 315 g/mol. The summed E-state index contributed by atoms with van der Waals surface area (Å²) < 4.78 is 23.4. The maximum Gasteiger partial charge on any atom is 0.337 e. The van der Waals surface area contributed by atoms with Crippen molar-refractivity contribution in [2.75, 3.05) is 7.11 Å². The Labute approximate surface area is 124 Å². The highest BCUT2D eigenvalue weighted by molar-refractivity contribution is 6.32. The van der Waals surface area contributed by atoms with Gasteiger partial charge in [0.25, 0.3) is 5.88 Å². The number of esters is 1. The first-order chi connectivity index (χ1) is 9.51. The van der Waals surface area contributed by atoms with E-state index in [1.165, 1.54) is 31.5 Å². The van der Waals surface area contributed by atoms with Crippen LogP contribution in [0.3, 0.4) is 0 Å². The molecule has 0 bridgehead atoms. The molecular formula is C13H8Cl2FNO3. The third-order valence-corrected chi connectivity index (χ3v) is 2.85. The Morgan fingerprint density at radius 3 is 2.70 bits per heavy atom. The van der Waals surface area contributed by atoms with E-state index in [9.17, 15) is 9.18 Å². The first-order valence-corrected chi connectivity index (χ1v) is 6.13. The number of benzene rings is 1. The molecule has 0 aliphatic rings. The highest BCUT2D eigenvalue weighted by Gasteiger charge is 2.13. The molecule has 0 saturated carbocycles.